The smallest absolute Gasteiger partial charge is 0.0366 e. The van der Waals surface area contributed by atoms with Crippen LogP contribution in [0.2, 0.25) is 0 Å². The summed E-state index contributed by atoms with van der Waals surface area (Å²) in [5.74, 6) is 0.982. The van der Waals surface area contributed by atoms with Gasteiger partial charge in [-0.3, -0.25) is 4.90 Å². The summed E-state index contributed by atoms with van der Waals surface area (Å²) in [4.78, 5) is 2.90. The lowest BCUT2D eigenvalue weighted by molar-refractivity contribution is 0.0227. The number of hydrogen-bond acceptors (Lipinski definition) is 2. The van der Waals surface area contributed by atoms with Crippen molar-refractivity contribution in [3.05, 3.63) is 35.4 Å². The number of hydrogen-bond donors (Lipinski definition) is 1. The lowest BCUT2D eigenvalue weighted by Crippen LogP contribution is -2.48. The molecule has 3 atom stereocenters. The third-order valence-corrected chi connectivity index (χ3v) is 6.01. The Balaban J connectivity index is 1.65. The second-order valence-corrected chi connectivity index (χ2v) is 7.17. The van der Waals surface area contributed by atoms with E-state index in [1.165, 1.54) is 57.1 Å². The molecule has 2 aliphatic heterocycles. The number of nitrogens with one attached hydrogen (secondary N) is 1. The Morgan fingerprint density at radius 3 is 2.81 bits per heavy atom. The molecule has 4 rings (SSSR count). The maximum absolute atomic E-state index is 3.62. The normalized spacial score (nSPS) is 33.8. The maximum atomic E-state index is 3.62. The van der Waals surface area contributed by atoms with Crippen molar-refractivity contribution in [3.8, 4) is 0 Å². The highest BCUT2D eigenvalue weighted by Gasteiger charge is 2.37. The molecule has 1 aliphatic carbocycles. The predicted molar refractivity (Wildman–Crippen MR) is 87.2 cm³/mol. The van der Waals surface area contributed by atoms with E-state index >= 15 is 0 Å². The van der Waals surface area contributed by atoms with Gasteiger partial charge in [-0.05, 0) is 62.2 Å². The molecule has 3 aliphatic rings. The topological polar surface area (TPSA) is 15.3 Å². The average Bonchev–Trinajstić information content (AvgIpc) is 2.77. The van der Waals surface area contributed by atoms with Gasteiger partial charge in [-0.25, -0.2) is 0 Å². The average molecular weight is 284 g/mol. The first-order chi connectivity index (χ1) is 10.4. The predicted octanol–water partition coefficient (Wildman–Crippen LogP) is 3.88. The van der Waals surface area contributed by atoms with Gasteiger partial charge in [0.25, 0.3) is 0 Å². The number of benzene rings is 1. The highest BCUT2D eigenvalue weighted by molar-refractivity contribution is 5.31. The van der Waals surface area contributed by atoms with E-state index in [9.17, 15) is 0 Å². The fourth-order valence-corrected chi connectivity index (χ4v) is 5.03. The van der Waals surface area contributed by atoms with Crippen LogP contribution in [0.5, 0.6) is 0 Å². The lowest BCUT2D eigenvalue weighted by atomic mass is 9.77. The van der Waals surface area contributed by atoms with E-state index in [0.29, 0.717) is 6.04 Å². The van der Waals surface area contributed by atoms with E-state index in [0.717, 1.165) is 25.0 Å². The van der Waals surface area contributed by atoms with Crippen LogP contribution in [0.1, 0.15) is 62.1 Å². The Morgan fingerprint density at radius 2 is 1.81 bits per heavy atom. The second-order valence-electron chi connectivity index (χ2n) is 7.17. The minimum Gasteiger partial charge on any atom is -0.313 e. The van der Waals surface area contributed by atoms with Crippen LogP contribution in [-0.4, -0.2) is 24.0 Å². The summed E-state index contributed by atoms with van der Waals surface area (Å²) in [6.07, 6.45) is 10.0. The number of rotatable bonds is 1. The third kappa shape index (κ3) is 2.64. The zero-order chi connectivity index (χ0) is 14.1. The van der Waals surface area contributed by atoms with Gasteiger partial charge in [0.2, 0.25) is 0 Å². The monoisotopic (exact) mass is 284 g/mol. The summed E-state index contributed by atoms with van der Waals surface area (Å²) >= 11 is 0. The summed E-state index contributed by atoms with van der Waals surface area (Å²) in [5.41, 5.74) is 3.13. The molecule has 21 heavy (non-hydrogen) atoms. The minimum atomic E-state index is 0.655. The van der Waals surface area contributed by atoms with Crippen LogP contribution in [0.25, 0.3) is 0 Å². The van der Waals surface area contributed by atoms with E-state index in [1.54, 1.807) is 5.56 Å². The molecule has 1 unspecified atom stereocenters. The summed E-state index contributed by atoms with van der Waals surface area (Å²) in [7, 11) is 0. The highest BCUT2D eigenvalue weighted by Crippen LogP contribution is 2.41. The van der Waals surface area contributed by atoms with Crippen molar-refractivity contribution in [3.63, 3.8) is 0 Å². The summed E-state index contributed by atoms with van der Waals surface area (Å²) < 4.78 is 0. The Morgan fingerprint density at radius 1 is 0.952 bits per heavy atom. The summed E-state index contributed by atoms with van der Waals surface area (Å²) in [6.45, 7) is 3.53. The van der Waals surface area contributed by atoms with E-state index in [-0.39, 0.29) is 0 Å². The van der Waals surface area contributed by atoms with Gasteiger partial charge in [0, 0.05) is 18.6 Å². The van der Waals surface area contributed by atoms with E-state index < -0.39 is 0 Å². The van der Waals surface area contributed by atoms with Gasteiger partial charge in [0.1, 0.15) is 0 Å². The molecule has 0 spiro atoms. The molecule has 1 N–H and O–H groups in total. The van der Waals surface area contributed by atoms with Gasteiger partial charge in [0.05, 0.1) is 0 Å². The third-order valence-electron chi connectivity index (χ3n) is 6.01. The zero-order valence-corrected chi connectivity index (χ0v) is 13.1. The van der Waals surface area contributed by atoms with Crippen LogP contribution in [0, 0.1) is 5.92 Å². The Labute approximate surface area is 128 Å². The van der Waals surface area contributed by atoms with Crippen molar-refractivity contribution in [2.45, 2.75) is 63.6 Å². The Bertz CT molecular complexity index is 482. The van der Waals surface area contributed by atoms with Crippen LogP contribution < -0.4 is 5.32 Å². The van der Waals surface area contributed by atoms with Gasteiger partial charge in [-0.1, -0.05) is 37.1 Å². The molecule has 2 nitrogen and oxygen atoms in total. The van der Waals surface area contributed by atoms with Crippen LogP contribution >= 0.6 is 0 Å². The van der Waals surface area contributed by atoms with Crippen LogP contribution in [0.3, 0.4) is 0 Å². The molecule has 114 valence electrons. The maximum Gasteiger partial charge on any atom is 0.0366 e. The molecular weight excluding hydrogens is 256 g/mol. The van der Waals surface area contributed by atoms with Crippen LogP contribution in [0.4, 0.5) is 0 Å². The first kappa shape index (κ1) is 13.8. The molecule has 0 amide bonds. The molecule has 2 fully saturated rings. The lowest BCUT2D eigenvalue weighted by Gasteiger charge is -2.48. The number of nitrogens with zero attached hydrogens (tertiary/aromatic N) is 1. The summed E-state index contributed by atoms with van der Waals surface area (Å²) in [6, 6.07) is 10.7. The molecule has 0 radical (unpaired) electrons. The standard InChI is InChI=1S/C19H28N2/c1-3-9-17-16(7-1)14-20-12-11-19(17)21-13-5-8-15-6-2-4-10-18(15)21/h1,3,7,9,15,18-20H,2,4-6,8,10-14H2/t15-,18-,19?/m1/s1. The van der Waals surface area contributed by atoms with E-state index in [2.05, 4.69) is 34.5 Å². The van der Waals surface area contributed by atoms with Crippen molar-refractivity contribution in [1.29, 1.82) is 0 Å². The van der Waals surface area contributed by atoms with E-state index in [1.807, 2.05) is 0 Å². The number of fused-ring (bicyclic) bond motifs is 2. The van der Waals surface area contributed by atoms with Crippen molar-refractivity contribution >= 4 is 0 Å². The van der Waals surface area contributed by atoms with Gasteiger partial charge >= 0.3 is 0 Å². The molecule has 1 saturated carbocycles. The van der Waals surface area contributed by atoms with Crippen molar-refractivity contribution in [1.82, 2.24) is 10.2 Å². The fourth-order valence-electron chi connectivity index (χ4n) is 5.03. The van der Waals surface area contributed by atoms with Gasteiger partial charge in [-0.2, -0.15) is 0 Å². The van der Waals surface area contributed by atoms with E-state index in [4.69, 9.17) is 0 Å². The molecule has 1 aromatic rings. The molecule has 1 aromatic carbocycles. The van der Waals surface area contributed by atoms with Crippen molar-refractivity contribution < 1.29 is 0 Å². The first-order valence-corrected chi connectivity index (χ1v) is 8.98. The Hall–Kier alpha value is -0.860. The second kappa shape index (κ2) is 6.10. The summed E-state index contributed by atoms with van der Waals surface area (Å²) in [5, 5.41) is 3.62. The SMILES string of the molecule is c1ccc2c(c1)CNCCC2N1CCC[C@H]2CCCC[C@H]21. The molecule has 2 heteroatoms. The van der Waals surface area contributed by atoms with Gasteiger partial charge in [0.15, 0.2) is 0 Å². The molecule has 0 bridgehead atoms. The fraction of sp³-hybridized carbons (Fsp3) is 0.684. The largest absolute Gasteiger partial charge is 0.313 e. The molecular formula is C19H28N2. The van der Waals surface area contributed by atoms with Crippen molar-refractivity contribution in [2.24, 2.45) is 5.92 Å². The zero-order valence-electron chi connectivity index (χ0n) is 13.1. The van der Waals surface area contributed by atoms with Crippen LogP contribution in [0.15, 0.2) is 24.3 Å². The number of piperidine rings is 1. The first-order valence-electron chi connectivity index (χ1n) is 8.98. The van der Waals surface area contributed by atoms with Crippen LogP contribution in [-0.2, 0) is 6.54 Å². The minimum absolute atomic E-state index is 0.655. The van der Waals surface area contributed by atoms with Gasteiger partial charge in [-0.15, -0.1) is 0 Å². The number of likely N-dealkylation sites (tertiary alicyclic amines) is 1. The Kier molecular flexibility index (Phi) is 4.00. The molecule has 0 aromatic heterocycles. The quantitative estimate of drug-likeness (QED) is 0.842. The molecule has 2 heterocycles. The van der Waals surface area contributed by atoms with Gasteiger partial charge < -0.3 is 5.32 Å². The van der Waals surface area contributed by atoms with Crippen molar-refractivity contribution in [2.75, 3.05) is 13.1 Å². The molecule has 1 saturated heterocycles. The highest BCUT2D eigenvalue weighted by atomic mass is 15.2.